The zero-order valence-electron chi connectivity index (χ0n) is 36.4. The van der Waals surface area contributed by atoms with E-state index >= 15 is 0 Å². The number of hydrogen-bond donors (Lipinski definition) is 1. The number of rotatable bonds is 10. The molecule has 7 rings (SSSR count). The smallest absolute Gasteiger partial charge is 0.309 e. The Morgan fingerprint density at radius 2 is 1.63 bits per heavy atom. The molecule has 5 aliphatic rings. The third-order valence-electron chi connectivity index (χ3n) is 16.9. The van der Waals surface area contributed by atoms with Gasteiger partial charge in [-0.25, -0.2) is 0 Å². The molecule has 1 aromatic carbocycles. The van der Waals surface area contributed by atoms with Crippen LogP contribution in [0.1, 0.15) is 132 Å². The van der Waals surface area contributed by atoms with Crippen LogP contribution < -0.4 is 0 Å². The van der Waals surface area contributed by atoms with Gasteiger partial charge in [-0.05, 0) is 155 Å². The van der Waals surface area contributed by atoms with E-state index < -0.39 is 22.8 Å². The summed E-state index contributed by atoms with van der Waals surface area (Å²) in [6, 6.07) is 7.85. The standard InChI is InChI=1S/C47H67ClN4O5/c1-28(2)37-32(53)26-47(40-50-49-39(52(40)25-24-51(10)11)29-12-14-30(48)15-13-29)23-22-45(8)31(38(37)47)16-17-34-44(7)20-19-35(57-36(54)27-42(3,4)41(55)56)43(5,6)33(44)18-21-46(34,45)9/h12-15,28,31,33-35H,16-27H2,1-11H3,(H,55,56)/t31-,33+,34-,35+,44+,45-,46-,47-/m1/s1. The molecule has 1 N–H and O–H groups in total. The van der Waals surface area contributed by atoms with Gasteiger partial charge in [-0.15, -0.1) is 10.2 Å². The van der Waals surface area contributed by atoms with E-state index in [9.17, 15) is 19.5 Å². The number of nitrogens with zero attached hydrogens (tertiary/aromatic N) is 4. The number of esters is 1. The van der Waals surface area contributed by atoms with Crippen LogP contribution in [0.4, 0.5) is 0 Å². The summed E-state index contributed by atoms with van der Waals surface area (Å²) < 4.78 is 8.53. The van der Waals surface area contributed by atoms with Gasteiger partial charge in [0, 0.05) is 35.5 Å². The van der Waals surface area contributed by atoms with E-state index in [0.717, 1.165) is 87.2 Å². The minimum absolute atomic E-state index is 0.0170. The summed E-state index contributed by atoms with van der Waals surface area (Å²) in [5, 5.41) is 20.3. The fourth-order valence-electron chi connectivity index (χ4n) is 13.7. The number of likely N-dealkylation sites (N-methyl/N-ethyl adjacent to an activating group) is 1. The lowest BCUT2D eigenvalue weighted by molar-refractivity contribution is -0.232. The van der Waals surface area contributed by atoms with Crippen LogP contribution in [0.5, 0.6) is 0 Å². The number of carboxylic acid groups (broad SMARTS) is 1. The zero-order valence-corrected chi connectivity index (χ0v) is 37.2. The second-order valence-corrected chi connectivity index (χ2v) is 21.7. The summed E-state index contributed by atoms with van der Waals surface area (Å²) in [6.45, 7) is 21.4. The SMILES string of the molecule is CC(C)C1=C2[C@H]3CC[C@@H]4[C@@]5(C)CC[C@H](OC(=O)CC(C)(C)C(=O)O)C(C)(C)[C@@H]5CC[C@@]4(C)[C@]3(C)CC[C@@]2(c2nnc(-c3ccc(Cl)cc3)n2CCN(C)C)CC1=O. The highest BCUT2D eigenvalue weighted by Gasteiger charge is 2.71. The van der Waals surface area contributed by atoms with Crippen LogP contribution >= 0.6 is 11.6 Å². The van der Waals surface area contributed by atoms with E-state index in [0.29, 0.717) is 23.3 Å². The van der Waals surface area contributed by atoms with E-state index in [-0.39, 0.29) is 51.8 Å². The molecule has 4 fully saturated rings. The van der Waals surface area contributed by atoms with Crippen molar-refractivity contribution >= 4 is 29.3 Å². The number of Topliss-reactive ketones (excluding diaryl/α,β-unsaturated/α-hetero) is 1. The van der Waals surface area contributed by atoms with Crippen molar-refractivity contribution in [3.8, 4) is 11.4 Å². The summed E-state index contributed by atoms with van der Waals surface area (Å²) in [6.07, 6.45) is 8.01. The van der Waals surface area contributed by atoms with Gasteiger partial charge >= 0.3 is 11.9 Å². The maximum Gasteiger partial charge on any atom is 0.309 e. The van der Waals surface area contributed by atoms with Crippen molar-refractivity contribution in [2.24, 2.45) is 50.7 Å². The number of ketones is 1. The number of benzene rings is 1. The zero-order chi connectivity index (χ0) is 41.7. The molecule has 1 aromatic heterocycles. The first kappa shape index (κ1) is 42.1. The summed E-state index contributed by atoms with van der Waals surface area (Å²) in [7, 11) is 4.18. The molecule has 0 saturated heterocycles. The van der Waals surface area contributed by atoms with Crippen molar-refractivity contribution in [3.05, 3.63) is 46.3 Å². The molecule has 10 heteroatoms. The van der Waals surface area contributed by atoms with Gasteiger partial charge in [0.25, 0.3) is 0 Å². The van der Waals surface area contributed by atoms with Gasteiger partial charge in [0.15, 0.2) is 11.6 Å². The van der Waals surface area contributed by atoms with Crippen LogP contribution in [0.2, 0.25) is 5.02 Å². The molecule has 1 heterocycles. The highest BCUT2D eigenvalue weighted by atomic mass is 35.5. The molecule has 312 valence electrons. The molecule has 8 atom stereocenters. The van der Waals surface area contributed by atoms with Crippen molar-refractivity contribution in [1.82, 2.24) is 19.7 Å². The number of allylic oxidation sites excluding steroid dienone is 2. The highest BCUT2D eigenvalue weighted by Crippen LogP contribution is 2.76. The predicted octanol–water partition coefficient (Wildman–Crippen LogP) is 9.80. The molecular weight excluding hydrogens is 736 g/mol. The van der Waals surface area contributed by atoms with Gasteiger partial charge in [0.05, 0.1) is 17.3 Å². The number of carbonyl (C=O) groups excluding carboxylic acids is 2. The first-order valence-corrected chi connectivity index (χ1v) is 22.0. The number of ether oxygens (including phenoxy) is 1. The molecule has 0 unspecified atom stereocenters. The van der Waals surface area contributed by atoms with E-state index in [1.807, 2.05) is 24.3 Å². The summed E-state index contributed by atoms with van der Waals surface area (Å²) in [5.41, 5.74) is 1.56. The van der Waals surface area contributed by atoms with E-state index in [2.05, 4.69) is 72.0 Å². The van der Waals surface area contributed by atoms with Crippen molar-refractivity contribution in [1.29, 1.82) is 0 Å². The monoisotopic (exact) mass is 802 g/mol. The minimum Gasteiger partial charge on any atom is -0.481 e. The second-order valence-electron chi connectivity index (χ2n) is 21.3. The average molecular weight is 804 g/mol. The number of aromatic nitrogens is 3. The van der Waals surface area contributed by atoms with Crippen LogP contribution in [-0.4, -0.2) is 69.2 Å². The van der Waals surface area contributed by atoms with Gasteiger partial charge in [0.2, 0.25) is 0 Å². The lowest BCUT2D eigenvalue weighted by Gasteiger charge is -2.72. The number of carbonyl (C=O) groups is 3. The third-order valence-corrected chi connectivity index (χ3v) is 17.1. The number of halogens is 1. The first-order chi connectivity index (χ1) is 26.5. The van der Waals surface area contributed by atoms with Gasteiger partial charge in [0.1, 0.15) is 11.9 Å². The van der Waals surface area contributed by atoms with Gasteiger partial charge < -0.3 is 19.3 Å². The number of hydrogen-bond acceptors (Lipinski definition) is 7. The largest absolute Gasteiger partial charge is 0.481 e. The van der Waals surface area contributed by atoms with Crippen LogP contribution in [0.25, 0.3) is 11.4 Å². The molecular formula is C47H67ClN4O5. The predicted molar refractivity (Wildman–Crippen MR) is 224 cm³/mol. The normalized spacial score (nSPS) is 34.8. The topological polar surface area (TPSA) is 115 Å². The van der Waals surface area contributed by atoms with E-state index in [4.69, 9.17) is 26.5 Å². The molecule has 0 spiro atoms. The summed E-state index contributed by atoms with van der Waals surface area (Å²) in [5.74, 6) is 1.88. The van der Waals surface area contributed by atoms with Crippen LogP contribution in [0, 0.1) is 50.7 Å². The Morgan fingerprint density at radius 1 is 0.947 bits per heavy atom. The minimum atomic E-state index is -1.17. The Morgan fingerprint density at radius 3 is 2.26 bits per heavy atom. The molecule has 2 aromatic rings. The quantitative estimate of drug-likeness (QED) is 0.236. The second kappa shape index (κ2) is 14.3. The Kier molecular flexibility index (Phi) is 10.6. The average Bonchev–Trinajstić information content (AvgIpc) is 3.68. The van der Waals surface area contributed by atoms with Crippen molar-refractivity contribution < 1.29 is 24.2 Å². The first-order valence-electron chi connectivity index (χ1n) is 21.6. The number of aliphatic carboxylic acids is 1. The van der Waals surface area contributed by atoms with Crippen molar-refractivity contribution in [2.45, 2.75) is 145 Å². The fraction of sp³-hybridized carbons (Fsp3) is 0.723. The van der Waals surface area contributed by atoms with Crippen molar-refractivity contribution in [2.75, 3.05) is 20.6 Å². The molecule has 0 radical (unpaired) electrons. The van der Waals surface area contributed by atoms with Crippen molar-refractivity contribution in [3.63, 3.8) is 0 Å². The maximum absolute atomic E-state index is 14.5. The van der Waals surface area contributed by atoms with Crippen LogP contribution in [0.3, 0.4) is 0 Å². The lowest BCUT2D eigenvalue weighted by Crippen LogP contribution is -2.66. The fourth-order valence-corrected chi connectivity index (χ4v) is 13.8. The molecule has 4 saturated carbocycles. The molecule has 57 heavy (non-hydrogen) atoms. The lowest BCUT2D eigenvalue weighted by atomic mass is 9.33. The summed E-state index contributed by atoms with van der Waals surface area (Å²) >= 11 is 6.33. The van der Waals surface area contributed by atoms with Gasteiger partial charge in [-0.3, -0.25) is 14.4 Å². The van der Waals surface area contributed by atoms with E-state index in [1.165, 1.54) is 5.57 Å². The van der Waals surface area contributed by atoms with Gasteiger partial charge in [-0.1, -0.05) is 60.1 Å². The molecule has 9 nitrogen and oxygen atoms in total. The number of carboxylic acids is 1. The van der Waals surface area contributed by atoms with Gasteiger partial charge in [-0.2, -0.15) is 0 Å². The van der Waals surface area contributed by atoms with Crippen LogP contribution in [-0.2, 0) is 31.1 Å². The Hall–Kier alpha value is -3.04. The van der Waals surface area contributed by atoms with Crippen LogP contribution in [0.15, 0.2) is 35.4 Å². The summed E-state index contributed by atoms with van der Waals surface area (Å²) in [4.78, 5) is 41.7. The van der Waals surface area contributed by atoms with E-state index in [1.54, 1.807) is 13.8 Å². The third kappa shape index (κ3) is 6.46. The molecule has 0 amide bonds. The molecule has 0 aliphatic heterocycles. The number of fused-ring (bicyclic) bond motifs is 7. The Balaban J connectivity index is 1.25. The molecule has 5 aliphatic carbocycles. The maximum atomic E-state index is 14.5. The highest BCUT2D eigenvalue weighted by molar-refractivity contribution is 6.30. The molecule has 0 bridgehead atoms. The Bertz CT molecular complexity index is 1960. The Labute approximate surface area is 345 Å².